The minimum Gasteiger partial charge on any atom is -0.481 e. The predicted octanol–water partition coefficient (Wildman–Crippen LogP) is -2.36. The van der Waals surface area contributed by atoms with Crippen LogP contribution in [0, 0.1) is 11.8 Å². The van der Waals surface area contributed by atoms with Gasteiger partial charge in [0.25, 0.3) is 0 Å². The summed E-state index contributed by atoms with van der Waals surface area (Å²) < 4.78 is 0. The van der Waals surface area contributed by atoms with Crippen LogP contribution in [-0.4, -0.2) is 90.4 Å². The van der Waals surface area contributed by atoms with Crippen LogP contribution in [0.1, 0.15) is 66.7 Å². The lowest BCUT2D eigenvalue weighted by atomic mass is 9.97. The van der Waals surface area contributed by atoms with Crippen LogP contribution in [0.4, 0.5) is 0 Å². The number of carboxylic acids is 1. The number of carbonyl (C=O) groups excluding carboxylic acids is 5. The topological polar surface area (TPSA) is 273 Å². The van der Waals surface area contributed by atoms with Gasteiger partial charge in [-0.15, -0.1) is 0 Å². The van der Waals surface area contributed by atoms with E-state index in [-0.39, 0.29) is 43.6 Å². The lowest BCUT2D eigenvalue weighted by molar-refractivity contribution is -0.141. The molecule has 16 heteroatoms. The highest BCUT2D eigenvalue weighted by molar-refractivity contribution is 5.97. The average Bonchev–Trinajstić information content (AvgIpc) is 2.90. The molecule has 5 amide bonds. The van der Waals surface area contributed by atoms with E-state index in [1.807, 2.05) is 20.8 Å². The van der Waals surface area contributed by atoms with E-state index >= 15 is 0 Å². The number of likely N-dealkylation sites (N-methyl/N-ethyl adjacent to an activating group) is 1. The number of aliphatic carboxylic acids is 1. The second kappa shape index (κ2) is 19.2. The molecule has 0 rings (SSSR count). The van der Waals surface area contributed by atoms with Crippen LogP contribution in [0.3, 0.4) is 0 Å². The van der Waals surface area contributed by atoms with Crippen LogP contribution in [-0.2, 0) is 28.8 Å². The van der Waals surface area contributed by atoms with Crippen molar-refractivity contribution in [2.75, 3.05) is 13.6 Å². The van der Waals surface area contributed by atoms with Crippen LogP contribution >= 0.6 is 0 Å². The van der Waals surface area contributed by atoms with Gasteiger partial charge in [-0.05, 0) is 45.1 Å². The normalized spacial score (nSPS) is 15.2. The third-order valence-corrected chi connectivity index (χ3v) is 6.57. The van der Waals surface area contributed by atoms with Crippen molar-refractivity contribution in [2.24, 2.45) is 34.0 Å². The first-order valence-electron chi connectivity index (χ1n) is 14.0. The number of rotatable bonds is 20. The Morgan fingerprint density at radius 3 is 1.79 bits per heavy atom. The first kappa shape index (κ1) is 38.0. The molecule has 0 aromatic carbocycles. The number of primary amides is 1. The molecule has 0 bridgehead atoms. The summed E-state index contributed by atoms with van der Waals surface area (Å²) in [5.74, 6) is -5.55. The van der Waals surface area contributed by atoms with Crippen molar-refractivity contribution in [3.05, 3.63) is 0 Å². The minimum absolute atomic E-state index is 0.0159. The smallest absolute Gasteiger partial charge is 0.305 e. The van der Waals surface area contributed by atoms with Crippen molar-refractivity contribution >= 4 is 41.5 Å². The summed E-state index contributed by atoms with van der Waals surface area (Å²) in [7, 11) is 1.58. The first-order valence-corrected chi connectivity index (χ1v) is 14.0. The fourth-order valence-electron chi connectivity index (χ4n) is 3.81. The quantitative estimate of drug-likeness (QED) is 0.0408. The lowest BCUT2D eigenvalue weighted by Crippen LogP contribution is -2.59. The highest BCUT2D eigenvalue weighted by atomic mass is 16.4. The van der Waals surface area contributed by atoms with Gasteiger partial charge in [-0.2, -0.15) is 0 Å². The largest absolute Gasteiger partial charge is 0.481 e. The molecular weight excluding hydrogens is 550 g/mol. The number of nitrogens with two attached hydrogens (primary N) is 3. The van der Waals surface area contributed by atoms with Gasteiger partial charge in [0.1, 0.15) is 24.2 Å². The molecule has 0 aromatic rings. The average molecular weight is 600 g/mol. The Morgan fingerprint density at radius 1 is 0.786 bits per heavy atom. The Balaban J connectivity index is 6.01. The summed E-state index contributed by atoms with van der Waals surface area (Å²) in [4.78, 5) is 79.5. The van der Waals surface area contributed by atoms with E-state index in [0.29, 0.717) is 6.42 Å². The Hall–Kier alpha value is -3.95. The van der Waals surface area contributed by atoms with Crippen molar-refractivity contribution in [3.8, 4) is 0 Å². The van der Waals surface area contributed by atoms with Crippen molar-refractivity contribution in [1.29, 1.82) is 0 Å². The van der Waals surface area contributed by atoms with E-state index in [2.05, 4.69) is 31.6 Å². The van der Waals surface area contributed by atoms with Crippen LogP contribution in [0.25, 0.3) is 0 Å². The number of hydrogen-bond donors (Lipinski definition) is 9. The summed E-state index contributed by atoms with van der Waals surface area (Å²) in [5, 5.41) is 22.2. The molecule has 0 heterocycles. The highest BCUT2D eigenvalue weighted by Crippen LogP contribution is 2.10. The maximum atomic E-state index is 13.3. The standard InChI is InChI=1S/C26H49N9O7/c1-7-14(4)20(21(27)38)35-23(40)16(9-8-10-31-26(28)29)32-25(42)18(12-19(36)37)34-24(41)17(11-13(2)3)33-22(39)15(5)30-6/h13-18,20,30H,7-12H2,1-6H3,(H2,27,38)(H,32,42)(H,33,39)(H,34,41)(H,35,40)(H,36,37)(H4,28,29,31)/t14-,15?,16-,17-,18?,20-/m0/s1. The van der Waals surface area contributed by atoms with Crippen molar-refractivity contribution in [2.45, 2.75) is 96.9 Å². The van der Waals surface area contributed by atoms with Gasteiger partial charge in [-0.25, -0.2) is 0 Å². The number of guanidine groups is 1. The molecule has 6 atom stereocenters. The molecule has 0 fully saturated rings. The summed E-state index contributed by atoms with van der Waals surface area (Å²) in [6, 6.07) is -5.51. The Bertz CT molecular complexity index is 970. The summed E-state index contributed by atoms with van der Waals surface area (Å²) >= 11 is 0. The number of hydrogen-bond acceptors (Lipinski definition) is 8. The third-order valence-electron chi connectivity index (χ3n) is 6.57. The van der Waals surface area contributed by atoms with Crippen LogP contribution in [0.15, 0.2) is 4.99 Å². The van der Waals surface area contributed by atoms with Crippen LogP contribution < -0.4 is 43.8 Å². The van der Waals surface area contributed by atoms with Gasteiger partial charge >= 0.3 is 5.97 Å². The number of carbonyl (C=O) groups is 6. The molecule has 12 N–H and O–H groups in total. The summed E-state index contributed by atoms with van der Waals surface area (Å²) in [6.45, 7) is 8.94. The fraction of sp³-hybridized carbons (Fsp3) is 0.731. The molecule has 240 valence electrons. The number of nitrogens with zero attached hydrogens (tertiary/aromatic N) is 1. The SMILES string of the molecule is CC[C@H](C)[C@H](NC(=O)[C@H](CCCN=C(N)N)NC(=O)C(CC(=O)O)NC(=O)[C@H](CC(C)C)NC(=O)C(C)NC)C(N)=O. The number of amides is 5. The molecule has 2 unspecified atom stereocenters. The number of carboxylic acid groups (broad SMARTS) is 1. The molecule has 0 aliphatic rings. The fourth-order valence-corrected chi connectivity index (χ4v) is 3.81. The molecule has 16 nitrogen and oxygen atoms in total. The molecule has 42 heavy (non-hydrogen) atoms. The zero-order valence-corrected chi connectivity index (χ0v) is 25.4. The van der Waals surface area contributed by atoms with Gasteiger partial charge in [-0.1, -0.05) is 34.1 Å². The Labute approximate surface area is 246 Å². The van der Waals surface area contributed by atoms with Gasteiger partial charge in [-0.3, -0.25) is 33.8 Å². The van der Waals surface area contributed by atoms with Crippen molar-refractivity contribution in [3.63, 3.8) is 0 Å². The molecule has 0 saturated carbocycles. The maximum Gasteiger partial charge on any atom is 0.305 e. The molecule has 0 aliphatic heterocycles. The number of aliphatic imine (C=N–C) groups is 1. The second-order valence-corrected chi connectivity index (χ2v) is 10.6. The Morgan fingerprint density at radius 2 is 1.31 bits per heavy atom. The molecular formula is C26H49N9O7. The molecule has 0 aliphatic carbocycles. The van der Waals surface area contributed by atoms with E-state index in [1.165, 1.54) is 0 Å². The van der Waals surface area contributed by atoms with E-state index < -0.39 is 72.1 Å². The predicted molar refractivity (Wildman–Crippen MR) is 157 cm³/mol. The van der Waals surface area contributed by atoms with E-state index in [4.69, 9.17) is 17.2 Å². The van der Waals surface area contributed by atoms with E-state index in [1.54, 1.807) is 20.9 Å². The van der Waals surface area contributed by atoms with Gasteiger partial charge in [0.05, 0.1) is 12.5 Å². The molecule has 0 radical (unpaired) electrons. The second-order valence-electron chi connectivity index (χ2n) is 10.6. The van der Waals surface area contributed by atoms with Gasteiger partial charge in [0.2, 0.25) is 29.5 Å². The molecule has 0 aromatic heterocycles. The van der Waals surface area contributed by atoms with E-state index in [9.17, 15) is 33.9 Å². The monoisotopic (exact) mass is 599 g/mol. The third kappa shape index (κ3) is 14.6. The maximum absolute atomic E-state index is 13.3. The van der Waals surface area contributed by atoms with Crippen molar-refractivity contribution in [1.82, 2.24) is 26.6 Å². The Kier molecular flexibility index (Phi) is 17.4. The zero-order chi connectivity index (χ0) is 32.6. The molecule has 0 saturated heterocycles. The highest BCUT2D eigenvalue weighted by Gasteiger charge is 2.33. The first-order chi connectivity index (χ1) is 19.5. The summed E-state index contributed by atoms with van der Waals surface area (Å²) in [5.41, 5.74) is 16.1. The zero-order valence-electron chi connectivity index (χ0n) is 25.4. The van der Waals surface area contributed by atoms with Gasteiger partial charge in [0.15, 0.2) is 5.96 Å². The van der Waals surface area contributed by atoms with Gasteiger partial charge < -0.3 is 48.9 Å². The lowest BCUT2D eigenvalue weighted by Gasteiger charge is -2.27. The summed E-state index contributed by atoms with van der Waals surface area (Å²) in [6.07, 6.45) is 0.204. The minimum atomic E-state index is -1.59. The van der Waals surface area contributed by atoms with Crippen LogP contribution in [0.5, 0.6) is 0 Å². The van der Waals surface area contributed by atoms with Gasteiger partial charge in [0, 0.05) is 6.54 Å². The van der Waals surface area contributed by atoms with Crippen LogP contribution in [0.2, 0.25) is 0 Å². The number of nitrogens with one attached hydrogen (secondary N) is 5. The molecule has 0 spiro atoms. The van der Waals surface area contributed by atoms with Crippen molar-refractivity contribution < 1.29 is 33.9 Å². The van der Waals surface area contributed by atoms with E-state index in [0.717, 1.165) is 0 Å².